The van der Waals surface area contributed by atoms with Gasteiger partial charge in [-0.3, -0.25) is 0 Å². The molecule has 0 nitrogen and oxygen atoms in total. The van der Waals surface area contributed by atoms with E-state index < -0.39 is 6.17 Å². The maximum Gasteiger partial charge on any atom is 0.107 e. The average molecular weight is 423 g/mol. The van der Waals surface area contributed by atoms with E-state index in [-0.39, 0.29) is 5.92 Å². The lowest BCUT2D eigenvalue weighted by atomic mass is 9.87. The Morgan fingerprint density at radius 2 is 1.81 bits per heavy atom. The lowest BCUT2D eigenvalue weighted by molar-refractivity contribution is 0.270. The summed E-state index contributed by atoms with van der Waals surface area (Å²) in [6, 6.07) is 8.83. The van der Waals surface area contributed by atoms with Gasteiger partial charge in [0.15, 0.2) is 0 Å². The highest BCUT2D eigenvalue weighted by molar-refractivity contribution is 5.32. The summed E-state index contributed by atoms with van der Waals surface area (Å²) in [6.07, 6.45) is 18.2. The molecule has 0 heterocycles. The van der Waals surface area contributed by atoms with Crippen molar-refractivity contribution in [3.63, 3.8) is 0 Å². The standard InChI is InChI=1S/C30H43F/c1-22(2)19-23(3)11-7-5-6-8-12-25-16-18-30(31)29(25)17-15-24(4)28-20-26-13-9-10-14-27(26)21-28/h6,8-10,13-15,17,22,24-25,28-30H,3,5,7,11-12,16,18-21H2,1-2,4H3/b8-6-,17-15+. The van der Waals surface area contributed by atoms with Crippen LogP contribution in [-0.4, -0.2) is 6.17 Å². The van der Waals surface area contributed by atoms with Gasteiger partial charge in [0.05, 0.1) is 0 Å². The molecule has 1 saturated carbocycles. The van der Waals surface area contributed by atoms with Gasteiger partial charge < -0.3 is 0 Å². The van der Waals surface area contributed by atoms with Crippen molar-refractivity contribution in [1.29, 1.82) is 0 Å². The van der Waals surface area contributed by atoms with Crippen LogP contribution in [0.2, 0.25) is 0 Å². The minimum atomic E-state index is -0.665. The van der Waals surface area contributed by atoms with Gasteiger partial charge in [-0.15, -0.1) is 0 Å². The molecule has 0 amide bonds. The molecule has 1 heteroatoms. The molecule has 0 bridgehead atoms. The van der Waals surface area contributed by atoms with Crippen molar-refractivity contribution in [1.82, 2.24) is 0 Å². The third-order valence-corrected chi connectivity index (χ3v) is 7.44. The summed E-state index contributed by atoms with van der Waals surface area (Å²) in [4.78, 5) is 0. The Balaban J connectivity index is 1.42. The highest BCUT2D eigenvalue weighted by Crippen LogP contribution is 2.39. The minimum Gasteiger partial charge on any atom is -0.247 e. The Labute approximate surface area is 190 Å². The number of benzene rings is 1. The molecule has 2 aliphatic rings. The van der Waals surface area contributed by atoms with Gasteiger partial charge in [0.2, 0.25) is 0 Å². The van der Waals surface area contributed by atoms with Crippen molar-refractivity contribution in [2.75, 3.05) is 0 Å². The van der Waals surface area contributed by atoms with E-state index in [0.717, 1.165) is 38.5 Å². The zero-order valence-electron chi connectivity index (χ0n) is 20.0. The second-order valence-electron chi connectivity index (χ2n) is 10.6. The van der Waals surface area contributed by atoms with Crippen molar-refractivity contribution in [2.24, 2.45) is 29.6 Å². The van der Waals surface area contributed by atoms with Crippen LogP contribution in [0.3, 0.4) is 0 Å². The molecule has 170 valence electrons. The van der Waals surface area contributed by atoms with E-state index >= 15 is 0 Å². The SMILES string of the molecule is C=C(CCC/C=C\CC1CCC(F)C1/C=C/C(C)C1Cc2ccccc2C1)CC(C)C. The van der Waals surface area contributed by atoms with Crippen molar-refractivity contribution in [2.45, 2.75) is 84.7 Å². The Morgan fingerprint density at radius 3 is 2.48 bits per heavy atom. The molecule has 1 aromatic rings. The van der Waals surface area contributed by atoms with E-state index in [9.17, 15) is 4.39 Å². The molecule has 31 heavy (non-hydrogen) atoms. The average Bonchev–Trinajstić information content (AvgIpc) is 3.32. The summed E-state index contributed by atoms with van der Waals surface area (Å²) in [5.74, 6) is 2.44. The molecule has 4 atom stereocenters. The number of hydrogen-bond donors (Lipinski definition) is 0. The number of fused-ring (bicyclic) bond motifs is 1. The normalized spacial score (nSPS) is 25.1. The van der Waals surface area contributed by atoms with Gasteiger partial charge in [-0.1, -0.05) is 81.5 Å². The van der Waals surface area contributed by atoms with Crippen molar-refractivity contribution >= 4 is 0 Å². The topological polar surface area (TPSA) is 0 Å². The van der Waals surface area contributed by atoms with E-state index in [1.54, 1.807) is 0 Å². The fraction of sp³-hybridized carbons (Fsp3) is 0.600. The van der Waals surface area contributed by atoms with Crippen LogP contribution < -0.4 is 0 Å². The fourth-order valence-electron chi connectivity index (χ4n) is 5.57. The first kappa shape index (κ1) is 24.0. The van der Waals surface area contributed by atoms with Gasteiger partial charge in [-0.2, -0.15) is 0 Å². The van der Waals surface area contributed by atoms with Crippen LogP contribution >= 0.6 is 0 Å². The smallest absolute Gasteiger partial charge is 0.107 e. The minimum absolute atomic E-state index is 0.0988. The lowest BCUT2D eigenvalue weighted by Crippen LogP contribution is -2.15. The van der Waals surface area contributed by atoms with Gasteiger partial charge >= 0.3 is 0 Å². The highest BCUT2D eigenvalue weighted by Gasteiger charge is 2.34. The molecule has 0 radical (unpaired) electrons. The van der Waals surface area contributed by atoms with E-state index in [1.807, 2.05) is 0 Å². The van der Waals surface area contributed by atoms with Crippen LogP contribution in [0, 0.1) is 29.6 Å². The molecule has 0 aromatic heterocycles. The van der Waals surface area contributed by atoms with Gasteiger partial charge in [0.25, 0.3) is 0 Å². The number of alkyl halides is 1. The highest BCUT2D eigenvalue weighted by atomic mass is 19.1. The van der Waals surface area contributed by atoms with Gasteiger partial charge in [0, 0.05) is 5.92 Å². The summed E-state index contributed by atoms with van der Waals surface area (Å²) >= 11 is 0. The third-order valence-electron chi connectivity index (χ3n) is 7.44. The summed E-state index contributed by atoms with van der Waals surface area (Å²) in [6.45, 7) is 11.0. The summed E-state index contributed by atoms with van der Waals surface area (Å²) in [5, 5.41) is 0. The van der Waals surface area contributed by atoms with Crippen LogP contribution in [0.1, 0.15) is 76.8 Å². The predicted molar refractivity (Wildman–Crippen MR) is 133 cm³/mol. The van der Waals surface area contributed by atoms with E-state index in [2.05, 4.69) is 75.9 Å². The van der Waals surface area contributed by atoms with Crippen LogP contribution in [-0.2, 0) is 12.8 Å². The van der Waals surface area contributed by atoms with Crippen LogP contribution in [0.5, 0.6) is 0 Å². The molecular formula is C30H43F. The Morgan fingerprint density at radius 1 is 1.10 bits per heavy atom. The van der Waals surface area contributed by atoms with Gasteiger partial charge in [-0.25, -0.2) is 4.39 Å². The molecule has 1 aromatic carbocycles. The maximum atomic E-state index is 14.6. The zero-order chi connectivity index (χ0) is 22.2. The molecule has 3 rings (SSSR count). The lowest BCUT2D eigenvalue weighted by Gasteiger charge is -2.19. The molecule has 2 aliphatic carbocycles. The molecule has 1 fully saturated rings. The number of rotatable bonds is 11. The Kier molecular flexibility index (Phi) is 9.17. The molecule has 0 spiro atoms. The summed E-state index contributed by atoms with van der Waals surface area (Å²) in [7, 11) is 0. The first-order chi connectivity index (χ1) is 14.9. The van der Waals surface area contributed by atoms with Crippen molar-refractivity contribution < 1.29 is 4.39 Å². The largest absolute Gasteiger partial charge is 0.247 e. The monoisotopic (exact) mass is 422 g/mol. The van der Waals surface area contributed by atoms with E-state index in [1.165, 1.54) is 36.0 Å². The van der Waals surface area contributed by atoms with Crippen LogP contribution in [0.25, 0.3) is 0 Å². The van der Waals surface area contributed by atoms with Gasteiger partial charge in [-0.05, 0) is 92.6 Å². The fourth-order valence-corrected chi connectivity index (χ4v) is 5.57. The molecule has 0 aliphatic heterocycles. The predicted octanol–water partition coefficient (Wildman–Crippen LogP) is 8.68. The number of allylic oxidation sites excluding steroid dienone is 5. The van der Waals surface area contributed by atoms with Crippen LogP contribution in [0.15, 0.2) is 60.7 Å². The van der Waals surface area contributed by atoms with Crippen molar-refractivity contribution in [3.05, 3.63) is 71.8 Å². The third kappa shape index (κ3) is 7.19. The first-order valence-corrected chi connectivity index (χ1v) is 12.6. The Bertz CT molecular complexity index is 730. The molecular weight excluding hydrogens is 379 g/mol. The molecule has 4 unspecified atom stereocenters. The Hall–Kier alpha value is -1.63. The summed E-state index contributed by atoms with van der Waals surface area (Å²) in [5.41, 5.74) is 4.39. The van der Waals surface area contributed by atoms with E-state index in [4.69, 9.17) is 0 Å². The van der Waals surface area contributed by atoms with E-state index in [0.29, 0.717) is 23.7 Å². The first-order valence-electron chi connectivity index (χ1n) is 12.6. The summed E-state index contributed by atoms with van der Waals surface area (Å²) < 4.78 is 14.6. The van der Waals surface area contributed by atoms with Gasteiger partial charge in [0.1, 0.15) is 6.17 Å². The number of hydrogen-bond acceptors (Lipinski definition) is 0. The second-order valence-corrected chi connectivity index (χ2v) is 10.6. The zero-order valence-corrected chi connectivity index (χ0v) is 20.0. The molecule has 0 N–H and O–H groups in total. The molecule has 0 saturated heterocycles. The number of halogens is 1. The number of unbranched alkanes of at least 4 members (excludes halogenated alkanes) is 1. The second kappa shape index (κ2) is 11.8. The maximum absolute atomic E-state index is 14.6. The van der Waals surface area contributed by atoms with Crippen LogP contribution in [0.4, 0.5) is 4.39 Å². The van der Waals surface area contributed by atoms with Crippen molar-refractivity contribution in [3.8, 4) is 0 Å². The quantitative estimate of drug-likeness (QED) is 0.247.